The van der Waals surface area contributed by atoms with Gasteiger partial charge in [-0.1, -0.05) is 6.92 Å². The summed E-state index contributed by atoms with van der Waals surface area (Å²) >= 11 is 0. The molecular weight excluding hydrogens is 264 g/mol. The fraction of sp³-hybridized carbons (Fsp3) is 0.267. The lowest BCUT2D eigenvalue weighted by atomic mass is 10.3. The SMILES string of the molecule is CCCn1ccnc1CNc1ccc(-n2nccn2)cc1. The highest BCUT2D eigenvalue weighted by molar-refractivity contribution is 5.48. The molecule has 0 fully saturated rings. The van der Waals surface area contributed by atoms with E-state index in [0.717, 1.165) is 30.2 Å². The minimum atomic E-state index is 0.715. The molecule has 0 aliphatic heterocycles. The Morgan fingerprint density at radius 2 is 1.81 bits per heavy atom. The van der Waals surface area contributed by atoms with Crippen LogP contribution in [0.25, 0.3) is 5.69 Å². The third kappa shape index (κ3) is 3.10. The maximum atomic E-state index is 4.38. The van der Waals surface area contributed by atoms with Crippen LogP contribution in [0, 0.1) is 0 Å². The molecule has 6 nitrogen and oxygen atoms in total. The molecule has 21 heavy (non-hydrogen) atoms. The van der Waals surface area contributed by atoms with Crippen LogP contribution in [-0.2, 0) is 13.1 Å². The summed E-state index contributed by atoms with van der Waals surface area (Å²) in [5.41, 5.74) is 2.00. The van der Waals surface area contributed by atoms with Crippen molar-refractivity contribution in [2.45, 2.75) is 26.4 Å². The van der Waals surface area contributed by atoms with Crippen molar-refractivity contribution in [2.75, 3.05) is 5.32 Å². The number of benzene rings is 1. The largest absolute Gasteiger partial charge is 0.378 e. The average molecular weight is 282 g/mol. The van der Waals surface area contributed by atoms with Crippen molar-refractivity contribution in [3.8, 4) is 5.69 Å². The van der Waals surface area contributed by atoms with E-state index in [-0.39, 0.29) is 0 Å². The van der Waals surface area contributed by atoms with Gasteiger partial charge in [-0.2, -0.15) is 15.0 Å². The molecule has 0 unspecified atom stereocenters. The number of anilines is 1. The number of aromatic nitrogens is 5. The van der Waals surface area contributed by atoms with E-state index in [1.54, 1.807) is 17.2 Å². The molecule has 0 atom stereocenters. The lowest BCUT2D eigenvalue weighted by molar-refractivity contribution is 0.644. The van der Waals surface area contributed by atoms with Gasteiger partial charge in [0.2, 0.25) is 0 Å². The molecule has 0 bridgehead atoms. The molecular formula is C15H18N6. The van der Waals surface area contributed by atoms with Crippen LogP contribution in [0.3, 0.4) is 0 Å². The molecule has 2 aromatic heterocycles. The second kappa shape index (κ2) is 6.21. The quantitative estimate of drug-likeness (QED) is 0.754. The number of hydrogen-bond acceptors (Lipinski definition) is 4. The summed E-state index contributed by atoms with van der Waals surface area (Å²) in [5.74, 6) is 1.05. The Kier molecular flexibility index (Phi) is 3.95. The van der Waals surface area contributed by atoms with E-state index in [1.165, 1.54) is 0 Å². The summed E-state index contributed by atoms with van der Waals surface area (Å²) in [6, 6.07) is 8.01. The van der Waals surface area contributed by atoms with Crippen molar-refractivity contribution in [2.24, 2.45) is 0 Å². The third-order valence-electron chi connectivity index (χ3n) is 3.23. The Hall–Kier alpha value is -2.63. The Bertz CT molecular complexity index is 669. The van der Waals surface area contributed by atoms with Crippen LogP contribution < -0.4 is 5.32 Å². The first-order valence-electron chi connectivity index (χ1n) is 7.07. The fourth-order valence-electron chi connectivity index (χ4n) is 2.19. The summed E-state index contributed by atoms with van der Waals surface area (Å²) < 4.78 is 2.18. The summed E-state index contributed by atoms with van der Waals surface area (Å²) in [4.78, 5) is 5.98. The van der Waals surface area contributed by atoms with Crippen LogP contribution >= 0.6 is 0 Å². The smallest absolute Gasteiger partial charge is 0.128 e. The van der Waals surface area contributed by atoms with Gasteiger partial charge in [-0.3, -0.25) is 0 Å². The first kappa shape index (κ1) is 13.4. The van der Waals surface area contributed by atoms with Gasteiger partial charge in [-0.05, 0) is 30.7 Å². The van der Waals surface area contributed by atoms with Crippen molar-refractivity contribution < 1.29 is 0 Å². The van der Waals surface area contributed by atoms with Crippen LogP contribution in [0.1, 0.15) is 19.2 Å². The Morgan fingerprint density at radius 3 is 2.52 bits per heavy atom. The van der Waals surface area contributed by atoms with Crippen molar-refractivity contribution in [3.05, 3.63) is 54.9 Å². The molecule has 1 aromatic carbocycles. The van der Waals surface area contributed by atoms with E-state index in [4.69, 9.17) is 0 Å². The molecule has 3 aromatic rings. The maximum absolute atomic E-state index is 4.38. The molecule has 0 saturated heterocycles. The van der Waals surface area contributed by atoms with Crippen molar-refractivity contribution in [1.29, 1.82) is 0 Å². The predicted octanol–water partition coefficient (Wildman–Crippen LogP) is 2.49. The normalized spacial score (nSPS) is 10.7. The highest BCUT2D eigenvalue weighted by Crippen LogP contribution is 2.13. The zero-order valence-electron chi connectivity index (χ0n) is 12.0. The minimum Gasteiger partial charge on any atom is -0.378 e. The van der Waals surface area contributed by atoms with E-state index in [0.29, 0.717) is 6.54 Å². The third-order valence-corrected chi connectivity index (χ3v) is 3.23. The highest BCUT2D eigenvalue weighted by Gasteiger charge is 2.02. The van der Waals surface area contributed by atoms with E-state index < -0.39 is 0 Å². The molecule has 3 rings (SSSR count). The van der Waals surface area contributed by atoms with Crippen LogP contribution in [0.4, 0.5) is 5.69 Å². The molecule has 1 N–H and O–H groups in total. The van der Waals surface area contributed by atoms with Gasteiger partial charge in [0.25, 0.3) is 0 Å². The first-order chi connectivity index (χ1) is 10.4. The van der Waals surface area contributed by atoms with Crippen LogP contribution in [0.5, 0.6) is 0 Å². The van der Waals surface area contributed by atoms with E-state index in [2.05, 4.69) is 32.0 Å². The summed E-state index contributed by atoms with van der Waals surface area (Å²) in [7, 11) is 0. The van der Waals surface area contributed by atoms with Gasteiger partial charge in [0.1, 0.15) is 5.82 Å². The maximum Gasteiger partial charge on any atom is 0.128 e. The zero-order chi connectivity index (χ0) is 14.5. The molecule has 0 saturated carbocycles. The van der Waals surface area contributed by atoms with Crippen molar-refractivity contribution in [1.82, 2.24) is 24.5 Å². The zero-order valence-corrected chi connectivity index (χ0v) is 12.0. The number of imidazole rings is 1. The van der Waals surface area contributed by atoms with Gasteiger partial charge < -0.3 is 9.88 Å². The van der Waals surface area contributed by atoms with E-state index in [9.17, 15) is 0 Å². The molecule has 0 aliphatic carbocycles. The van der Waals surface area contributed by atoms with Gasteiger partial charge in [-0.15, -0.1) is 0 Å². The topological polar surface area (TPSA) is 60.6 Å². The molecule has 6 heteroatoms. The molecule has 108 valence electrons. The number of hydrogen-bond donors (Lipinski definition) is 1. The Labute approximate surface area is 123 Å². The van der Waals surface area contributed by atoms with Crippen LogP contribution in [0.2, 0.25) is 0 Å². The summed E-state index contributed by atoms with van der Waals surface area (Å²) in [6.45, 7) is 3.88. The lowest BCUT2D eigenvalue weighted by Gasteiger charge is -2.09. The minimum absolute atomic E-state index is 0.715. The lowest BCUT2D eigenvalue weighted by Crippen LogP contribution is -2.08. The van der Waals surface area contributed by atoms with E-state index in [1.807, 2.05) is 36.7 Å². The van der Waals surface area contributed by atoms with Gasteiger partial charge >= 0.3 is 0 Å². The van der Waals surface area contributed by atoms with Gasteiger partial charge in [-0.25, -0.2) is 4.98 Å². The second-order valence-corrected chi connectivity index (χ2v) is 4.76. The van der Waals surface area contributed by atoms with Gasteiger partial charge in [0.05, 0.1) is 24.6 Å². The predicted molar refractivity (Wildman–Crippen MR) is 81.2 cm³/mol. The molecule has 0 radical (unpaired) electrons. The molecule has 0 amide bonds. The number of nitrogens with one attached hydrogen (secondary N) is 1. The summed E-state index contributed by atoms with van der Waals surface area (Å²) in [5, 5.41) is 11.6. The van der Waals surface area contributed by atoms with Crippen molar-refractivity contribution in [3.63, 3.8) is 0 Å². The van der Waals surface area contributed by atoms with E-state index >= 15 is 0 Å². The van der Waals surface area contributed by atoms with Gasteiger partial charge in [0, 0.05) is 24.6 Å². The number of rotatable bonds is 6. The highest BCUT2D eigenvalue weighted by atomic mass is 15.5. The average Bonchev–Trinajstić information content (AvgIpc) is 3.18. The monoisotopic (exact) mass is 282 g/mol. The van der Waals surface area contributed by atoms with Crippen molar-refractivity contribution >= 4 is 5.69 Å². The molecule has 0 aliphatic rings. The van der Waals surface area contributed by atoms with Crippen LogP contribution in [-0.4, -0.2) is 24.5 Å². The Morgan fingerprint density at radius 1 is 1.05 bits per heavy atom. The molecule has 0 spiro atoms. The standard InChI is InChI=1S/C15H18N6/c1-2-10-20-11-9-16-15(20)12-17-13-3-5-14(6-4-13)21-18-7-8-19-21/h3-9,11,17H,2,10,12H2,1H3. The molecule has 2 heterocycles. The van der Waals surface area contributed by atoms with Crippen LogP contribution in [0.15, 0.2) is 49.1 Å². The number of aryl methyl sites for hydroxylation is 1. The number of nitrogens with zero attached hydrogens (tertiary/aromatic N) is 5. The summed E-state index contributed by atoms with van der Waals surface area (Å²) in [6.07, 6.45) is 8.31. The van der Waals surface area contributed by atoms with Gasteiger partial charge in [0.15, 0.2) is 0 Å². The first-order valence-corrected chi connectivity index (χ1v) is 7.07. The second-order valence-electron chi connectivity index (χ2n) is 4.76. The fourth-order valence-corrected chi connectivity index (χ4v) is 2.19. The Balaban J connectivity index is 1.64.